The van der Waals surface area contributed by atoms with Gasteiger partial charge in [-0.15, -0.1) is 0 Å². The molecular weight excluding hydrogens is 627 g/mol. The average Bonchev–Trinajstić information content (AvgIpc) is 3.83. The molecule has 3 aromatic carbocycles. The molecular formula is C37H51N5O5S. The van der Waals surface area contributed by atoms with Gasteiger partial charge in [0.1, 0.15) is 6.04 Å². The van der Waals surface area contributed by atoms with E-state index in [1.807, 2.05) is 95.3 Å². The summed E-state index contributed by atoms with van der Waals surface area (Å²) in [6.07, 6.45) is 0.829. The van der Waals surface area contributed by atoms with Gasteiger partial charge in [-0.25, -0.2) is 8.42 Å². The van der Waals surface area contributed by atoms with E-state index in [1.54, 1.807) is 0 Å². The maximum atomic E-state index is 14.0. The third-order valence-corrected chi connectivity index (χ3v) is 10.5. The molecule has 0 aliphatic heterocycles. The number of amides is 2. The van der Waals surface area contributed by atoms with Gasteiger partial charge in [0.05, 0.1) is 23.6 Å². The highest BCUT2D eigenvalue weighted by Crippen LogP contribution is 2.45. The third-order valence-electron chi connectivity index (χ3n) is 8.67. The zero-order chi connectivity index (χ0) is 35.1. The van der Waals surface area contributed by atoms with Gasteiger partial charge in [-0.05, 0) is 66.0 Å². The van der Waals surface area contributed by atoms with Crippen molar-refractivity contribution in [3.8, 4) is 0 Å². The van der Waals surface area contributed by atoms with Crippen molar-refractivity contribution in [2.45, 2.75) is 82.5 Å². The molecule has 48 heavy (non-hydrogen) atoms. The van der Waals surface area contributed by atoms with Crippen molar-refractivity contribution >= 4 is 27.5 Å². The SMILES string of the molecule is CC(C)CN(C[C@@H](O)[C@H](Cc1ccccc1)NC(=O)[C@@H](NC(=O)CNC1(c2ccccc2)CC1)C(C)(C)C)S(=O)(=O)c1ccc(N)cc1. The maximum absolute atomic E-state index is 14.0. The van der Waals surface area contributed by atoms with E-state index in [4.69, 9.17) is 5.73 Å². The van der Waals surface area contributed by atoms with E-state index < -0.39 is 39.5 Å². The normalized spacial score (nSPS) is 16.2. The number of nitrogens with two attached hydrogens (primary N) is 1. The Bertz CT molecular complexity index is 1610. The highest BCUT2D eigenvalue weighted by Gasteiger charge is 2.44. The molecule has 0 bridgehead atoms. The van der Waals surface area contributed by atoms with E-state index in [-0.39, 0.29) is 48.3 Å². The largest absolute Gasteiger partial charge is 0.399 e. The number of nitrogens with one attached hydrogen (secondary N) is 3. The Morgan fingerprint density at radius 2 is 1.48 bits per heavy atom. The van der Waals surface area contributed by atoms with Crippen LogP contribution in [0.5, 0.6) is 0 Å². The number of carbonyl (C=O) groups is 2. The van der Waals surface area contributed by atoms with Gasteiger partial charge in [-0.3, -0.25) is 14.9 Å². The molecule has 6 N–H and O–H groups in total. The molecule has 4 rings (SSSR count). The average molecular weight is 678 g/mol. The summed E-state index contributed by atoms with van der Waals surface area (Å²) >= 11 is 0. The molecule has 1 aliphatic rings. The lowest BCUT2D eigenvalue weighted by molar-refractivity contribution is -0.132. The predicted octanol–water partition coefficient (Wildman–Crippen LogP) is 3.81. The zero-order valence-corrected chi connectivity index (χ0v) is 29.5. The number of rotatable bonds is 16. The Morgan fingerprint density at radius 1 is 0.896 bits per heavy atom. The number of nitrogen functional groups attached to an aromatic ring is 1. The van der Waals surface area contributed by atoms with Gasteiger partial charge in [0.2, 0.25) is 21.8 Å². The van der Waals surface area contributed by atoms with Crippen LogP contribution in [-0.2, 0) is 31.6 Å². The summed E-state index contributed by atoms with van der Waals surface area (Å²) < 4.78 is 28.7. The molecule has 10 nitrogen and oxygen atoms in total. The molecule has 1 fully saturated rings. The van der Waals surface area contributed by atoms with Crippen LogP contribution in [0.1, 0.15) is 58.6 Å². The van der Waals surface area contributed by atoms with Crippen LogP contribution in [0.4, 0.5) is 5.69 Å². The van der Waals surface area contributed by atoms with Crippen LogP contribution in [0.3, 0.4) is 0 Å². The second-order valence-electron chi connectivity index (χ2n) is 14.3. The fourth-order valence-electron chi connectivity index (χ4n) is 5.81. The molecule has 1 saturated carbocycles. The molecule has 0 aromatic heterocycles. The summed E-state index contributed by atoms with van der Waals surface area (Å²) in [5.74, 6) is -0.810. The molecule has 0 spiro atoms. The Labute approximate surface area is 285 Å². The second kappa shape index (κ2) is 15.6. The minimum Gasteiger partial charge on any atom is -0.399 e. The van der Waals surface area contributed by atoms with Gasteiger partial charge >= 0.3 is 0 Å². The summed E-state index contributed by atoms with van der Waals surface area (Å²) in [5.41, 5.74) is 7.32. The standard InChI is InChI=1S/C37H51N5O5S/c1-26(2)24-42(48(46,47)30-18-16-29(38)17-19-30)25-32(43)31(22-27-12-8-6-9-13-27)40-35(45)34(36(3,4)5)41-33(44)23-39-37(20-21-37)28-14-10-7-11-15-28/h6-19,26,31-32,34,39,43H,20-25,38H2,1-5H3,(H,40,45)(H,41,44)/t31-,32+,34+/m0/s1. The predicted molar refractivity (Wildman–Crippen MR) is 189 cm³/mol. The van der Waals surface area contributed by atoms with E-state index >= 15 is 0 Å². The van der Waals surface area contributed by atoms with Crippen molar-refractivity contribution in [2.24, 2.45) is 11.3 Å². The lowest BCUT2D eigenvalue weighted by Crippen LogP contribution is -2.59. The highest BCUT2D eigenvalue weighted by atomic mass is 32.2. The van der Waals surface area contributed by atoms with Crippen molar-refractivity contribution in [2.75, 3.05) is 25.4 Å². The molecule has 3 aromatic rings. The van der Waals surface area contributed by atoms with Crippen molar-refractivity contribution in [3.05, 3.63) is 96.1 Å². The first-order valence-electron chi connectivity index (χ1n) is 16.6. The molecule has 3 atom stereocenters. The minimum absolute atomic E-state index is 0.0336. The first kappa shape index (κ1) is 37.1. The van der Waals surface area contributed by atoms with E-state index in [0.717, 1.165) is 24.0 Å². The van der Waals surface area contributed by atoms with Crippen LogP contribution >= 0.6 is 0 Å². The number of aliphatic hydroxyl groups is 1. The molecule has 0 unspecified atom stereocenters. The van der Waals surface area contributed by atoms with Crippen LogP contribution in [-0.4, -0.2) is 67.5 Å². The van der Waals surface area contributed by atoms with Crippen LogP contribution in [0.2, 0.25) is 0 Å². The summed E-state index contributed by atoms with van der Waals surface area (Å²) in [6.45, 7) is 9.35. The van der Waals surface area contributed by atoms with Gasteiger partial charge in [0, 0.05) is 24.3 Å². The fraction of sp³-hybridized carbons (Fsp3) is 0.459. The summed E-state index contributed by atoms with van der Waals surface area (Å²) in [4.78, 5) is 27.3. The van der Waals surface area contributed by atoms with Crippen LogP contribution < -0.4 is 21.7 Å². The second-order valence-corrected chi connectivity index (χ2v) is 16.3. The van der Waals surface area contributed by atoms with Crippen molar-refractivity contribution in [1.82, 2.24) is 20.3 Å². The topological polar surface area (TPSA) is 154 Å². The van der Waals surface area contributed by atoms with E-state index in [0.29, 0.717) is 5.69 Å². The number of benzene rings is 3. The smallest absolute Gasteiger partial charge is 0.243 e. The van der Waals surface area contributed by atoms with Gasteiger partial charge in [0.15, 0.2) is 0 Å². The highest BCUT2D eigenvalue weighted by molar-refractivity contribution is 7.89. The van der Waals surface area contributed by atoms with Crippen LogP contribution in [0.25, 0.3) is 0 Å². The minimum atomic E-state index is -3.99. The number of nitrogens with zero attached hydrogens (tertiary/aromatic N) is 1. The van der Waals surface area contributed by atoms with Crippen LogP contribution in [0.15, 0.2) is 89.8 Å². The van der Waals surface area contributed by atoms with Crippen molar-refractivity contribution in [3.63, 3.8) is 0 Å². The fourth-order valence-corrected chi connectivity index (χ4v) is 7.43. The van der Waals surface area contributed by atoms with Crippen molar-refractivity contribution < 1.29 is 23.1 Å². The van der Waals surface area contributed by atoms with Gasteiger partial charge < -0.3 is 21.5 Å². The van der Waals surface area contributed by atoms with Gasteiger partial charge in [-0.2, -0.15) is 4.31 Å². The Kier molecular flexibility index (Phi) is 12.1. The number of anilines is 1. The molecule has 0 heterocycles. The third kappa shape index (κ3) is 9.88. The molecule has 1 aliphatic carbocycles. The van der Waals surface area contributed by atoms with Crippen LogP contribution in [0, 0.1) is 11.3 Å². The number of sulfonamides is 1. The van der Waals surface area contributed by atoms with E-state index in [9.17, 15) is 23.1 Å². The Hall–Kier alpha value is -3.77. The van der Waals surface area contributed by atoms with Gasteiger partial charge in [0.25, 0.3) is 0 Å². The number of hydrogen-bond donors (Lipinski definition) is 5. The monoisotopic (exact) mass is 677 g/mol. The first-order valence-corrected chi connectivity index (χ1v) is 18.0. The molecule has 2 amide bonds. The first-order chi connectivity index (χ1) is 22.6. The quantitative estimate of drug-likeness (QED) is 0.145. The van der Waals surface area contributed by atoms with E-state index in [2.05, 4.69) is 16.0 Å². The number of carbonyl (C=O) groups excluding carboxylic acids is 2. The molecule has 260 valence electrons. The number of hydrogen-bond acceptors (Lipinski definition) is 7. The molecule has 0 saturated heterocycles. The zero-order valence-electron chi connectivity index (χ0n) is 28.6. The molecule has 11 heteroatoms. The Balaban J connectivity index is 1.52. The summed E-state index contributed by atoms with van der Waals surface area (Å²) in [5, 5.41) is 21.0. The summed E-state index contributed by atoms with van der Waals surface area (Å²) in [6, 6.07) is 23.6. The van der Waals surface area contributed by atoms with E-state index in [1.165, 1.54) is 28.6 Å². The lowest BCUT2D eigenvalue weighted by Gasteiger charge is -2.34. The van der Waals surface area contributed by atoms with Crippen molar-refractivity contribution in [1.29, 1.82) is 0 Å². The number of aliphatic hydroxyl groups excluding tert-OH is 1. The molecule has 0 radical (unpaired) electrons. The maximum Gasteiger partial charge on any atom is 0.243 e. The lowest BCUT2D eigenvalue weighted by atomic mass is 9.85. The Morgan fingerprint density at radius 3 is 2.02 bits per heavy atom. The van der Waals surface area contributed by atoms with Gasteiger partial charge in [-0.1, -0.05) is 95.3 Å². The summed E-state index contributed by atoms with van der Waals surface area (Å²) in [7, 11) is -3.99.